The highest BCUT2D eigenvalue weighted by molar-refractivity contribution is 5.86. The van der Waals surface area contributed by atoms with E-state index in [0.29, 0.717) is 11.9 Å². The van der Waals surface area contributed by atoms with Crippen molar-refractivity contribution in [3.8, 4) is 0 Å². The predicted molar refractivity (Wildman–Crippen MR) is 83.0 cm³/mol. The summed E-state index contributed by atoms with van der Waals surface area (Å²) in [6.45, 7) is 5.42. The number of hydrogen-bond donors (Lipinski definition) is 3. The van der Waals surface area contributed by atoms with Gasteiger partial charge in [-0.25, -0.2) is 0 Å². The van der Waals surface area contributed by atoms with Crippen molar-refractivity contribution in [1.82, 2.24) is 20.2 Å². The minimum Gasteiger partial charge on any atom is -0.369 e. The normalized spacial score (nSPS) is 12.6. The molecule has 1 atom stereocenters. The SMILES string of the molecule is CCCCC(CC)CNc1nc(NC)nc2[nH]ncc12. The Balaban J connectivity index is 2.09. The van der Waals surface area contributed by atoms with E-state index in [9.17, 15) is 0 Å². The second-order valence-electron chi connectivity index (χ2n) is 5.08. The minimum absolute atomic E-state index is 0.603. The fraction of sp³-hybridized carbons (Fsp3) is 0.643. The first kappa shape index (κ1) is 14.6. The van der Waals surface area contributed by atoms with Crippen LogP contribution in [0.2, 0.25) is 0 Å². The molecule has 0 aliphatic heterocycles. The van der Waals surface area contributed by atoms with E-state index in [4.69, 9.17) is 0 Å². The molecule has 0 bridgehead atoms. The lowest BCUT2D eigenvalue weighted by Gasteiger charge is -2.16. The van der Waals surface area contributed by atoms with E-state index in [1.807, 2.05) is 7.05 Å². The number of fused-ring (bicyclic) bond motifs is 1. The molecule has 0 aliphatic rings. The molecule has 2 aromatic rings. The van der Waals surface area contributed by atoms with Crippen molar-refractivity contribution in [2.75, 3.05) is 24.2 Å². The molecule has 110 valence electrons. The van der Waals surface area contributed by atoms with Crippen LogP contribution in [0.3, 0.4) is 0 Å². The number of nitrogens with one attached hydrogen (secondary N) is 3. The third kappa shape index (κ3) is 3.37. The van der Waals surface area contributed by atoms with Crippen LogP contribution in [0.25, 0.3) is 11.0 Å². The number of unbranched alkanes of at least 4 members (excludes halogenated alkanes) is 1. The Morgan fingerprint density at radius 1 is 1.30 bits per heavy atom. The molecule has 20 heavy (non-hydrogen) atoms. The lowest BCUT2D eigenvalue weighted by molar-refractivity contribution is 0.472. The smallest absolute Gasteiger partial charge is 0.226 e. The molecule has 0 spiro atoms. The van der Waals surface area contributed by atoms with Crippen LogP contribution in [-0.4, -0.2) is 33.8 Å². The zero-order valence-electron chi connectivity index (χ0n) is 12.5. The van der Waals surface area contributed by atoms with Gasteiger partial charge in [0, 0.05) is 13.6 Å². The van der Waals surface area contributed by atoms with Crippen LogP contribution in [0.4, 0.5) is 11.8 Å². The van der Waals surface area contributed by atoms with Crippen molar-refractivity contribution < 1.29 is 0 Å². The van der Waals surface area contributed by atoms with Gasteiger partial charge in [-0.15, -0.1) is 0 Å². The molecule has 0 saturated carbocycles. The summed E-state index contributed by atoms with van der Waals surface area (Å²) in [6.07, 6.45) is 6.75. The van der Waals surface area contributed by atoms with Crippen LogP contribution < -0.4 is 10.6 Å². The summed E-state index contributed by atoms with van der Waals surface area (Å²) in [4.78, 5) is 8.82. The predicted octanol–water partition coefficient (Wildman–Crippen LogP) is 3.02. The molecule has 0 saturated heterocycles. The summed E-state index contributed by atoms with van der Waals surface area (Å²) in [6, 6.07) is 0. The number of nitrogens with zero attached hydrogens (tertiary/aromatic N) is 3. The van der Waals surface area contributed by atoms with Crippen molar-refractivity contribution in [2.45, 2.75) is 39.5 Å². The minimum atomic E-state index is 0.603. The lowest BCUT2D eigenvalue weighted by atomic mass is 9.99. The van der Waals surface area contributed by atoms with E-state index in [2.05, 4.69) is 44.6 Å². The maximum Gasteiger partial charge on any atom is 0.226 e. The van der Waals surface area contributed by atoms with E-state index < -0.39 is 0 Å². The lowest BCUT2D eigenvalue weighted by Crippen LogP contribution is -2.15. The van der Waals surface area contributed by atoms with Crippen molar-refractivity contribution in [3.05, 3.63) is 6.20 Å². The monoisotopic (exact) mass is 276 g/mol. The zero-order chi connectivity index (χ0) is 14.4. The standard InChI is InChI=1S/C14H24N6/c1-4-6-7-10(5-2)8-16-12-11-9-17-20-13(11)19-14(15-3)18-12/h9-10H,4-8H2,1-3H3,(H3,15,16,17,18,19,20). The number of aromatic amines is 1. The Morgan fingerprint density at radius 3 is 2.85 bits per heavy atom. The van der Waals surface area contributed by atoms with Crippen LogP contribution >= 0.6 is 0 Å². The zero-order valence-corrected chi connectivity index (χ0v) is 12.5. The number of aromatic nitrogens is 4. The molecule has 0 radical (unpaired) electrons. The summed E-state index contributed by atoms with van der Waals surface area (Å²) < 4.78 is 0. The maximum atomic E-state index is 4.48. The number of hydrogen-bond acceptors (Lipinski definition) is 5. The molecule has 2 rings (SSSR count). The van der Waals surface area contributed by atoms with Crippen LogP contribution in [0, 0.1) is 5.92 Å². The Morgan fingerprint density at radius 2 is 2.15 bits per heavy atom. The van der Waals surface area contributed by atoms with Gasteiger partial charge in [0.1, 0.15) is 5.82 Å². The van der Waals surface area contributed by atoms with Crippen LogP contribution in [0.1, 0.15) is 39.5 Å². The molecule has 0 aliphatic carbocycles. The number of rotatable bonds is 8. The summed E-state index contributed by atoms with van der Waals surface area (Å²) in [5.41, 5.74) is 0.758. The third-order valence-corrected chi connectivity index (χ3v) is 3.63. The van der Waals surface area contributed by atoms with Gasteiger partial charge in [-0.1, -0.05) is 33.1 Å². The average Bonchev–Trinajstić information content (AvgIpc) is 2.95. The second-order valence-corrected chi connectivity index (χ2v) is 5.08. The van der Waals surface area contributed by atoms with Crippen molar-refractivity contribution in [1.29, 1.82) is 0 Å². The average molecular weight is 276 g/mol. The summed E-state index contributed by atoms with van der Waals surface area (Å²) in [5, 5.41) is 14.3. The van der Waals surface area contributed by atoms with Crippen molar-refractivity contribution >= 4 is 22.8 Å². The summed E-state index contributed by atoms with van der Waals surface area (Å²) >= 11 is 0. The van der Waals surface area contributed by atoms with Crippen molar-refractivity contribution in [2.24, 2.45) is 5.92 Å². The summed E-state index contributed by atoms with van der Waals surface area (Å²) in [7, 11) is 1.82. The quantitative estimate of drug-likeness (QED) is 0.690. The highest BCUT2D eigenvalue weighted by Crippen LogP contribution is 2.21. The van der Waals surface area contributed by atoms with Crippen LogP contribution in [0.5, 0.6) is 0 Å². The molecule has 2 aromatic heterocycles. The van der Waals surface area contributed by atoms with Gasteiger partial charge in [0.15, 0.2) is 5.65 Å². The molecule has 2 heterocycles. The maximum absolute atomic E-state index is 4.48. The van der Waals surface area contributed by atoms with Crippen LogP contribution in [0.15, 0.2) is 6.20 Å². The van der Waals surface area contributed by atoms with Gasteiger partial charge in [0.2, 0.25) is 5.95 Å². The molecular formula is C14H24N6. The Labute approximate surface area is 119 Å². The highest BCUT2D eigenvalue weighted by Gasteiger charge is 2.11. The van der Waals surface area contributed by atoms with Gasteiger partial charge in [0.25, 0.3) is 0 Å². The second kappa shape index (κ2) is 7.07. The van der Waals surface area contributed by atoms with Gasteiger partial charge < -0.3 is 10.6 Å². The van der Waals surface area contributed by atoms with E-state index in [1.54, 1.807) is 6.20 Å². The Kier molecular flexibility index (Phi) is 5.15. The first-order valence-corrected chi connectivity index (χ1v) is 7.41. The van der Waals surface area contributed by atoms with Crippen molar-refractivity contribution in [3.63, 3.8) is 0 Å². The molecular weight excluding hydrogens is 252 g/mol. The van der Waals surface area contributed by atoms with E-state index in [1.165, 1.54) is 25.7 Å². The summed E-state index contributed by atoms with van der Waals surface area (Å²) in [5.74, 6) is 2.14. The van der Waals surface area contributed by atoms with Gasteiger partial charge in [-0.3, -0.25) is 5.10 Å². The third-order valence-electron chi connectivity index (χ3n) is 3.63. The largest absolute Gasteiger partial charge is 0.369 e. The van der Waals surface area contributed by atoms with Gasteiger partial charge in [-0.2, -0.15) is 15.1 Å². The Bertz CT molecular complexity index is 535. The van der Waals surface area contributed by atoms with Gasteiger partial charge in [-0.05, 0) is 12.3 Å². The van der Waals surface area contributed by atoms with Gasteiger partial charge >= 0.3 is 0 Å². The van der Waals surface area contributed by atoms with Crippen LogP contribution in [-0.2, 0) is 0 Å². The molecule has 0 aromatic carbocycles. The molecule has 6 nitrogen and oxygen atoms in total. The Hall–Kier alpha value is -1.85. The van der Waals surface area contributed by atoms with E-state index >= 15 is 0 Å². The van der Waals surface area contributed by atoms with E-state index in [-0.39, 0.29) is 0 Å². The molecule has 1 unspecified atom stereocenters. The molecule has 0 amide bonds. The fourth-order valence-corrected chi connectivity index (χ4v) is 2.27. The number of anilines is 2. The number of H-pyrrole nitrogens is 1. The van der Waals surface area contributed by atoms with Gasteiger partial charge in [0.05, 0.1) is 11.6 Å². The first-order chi connectivity index (χ1) is 9.78. The highest BCUT2D eigenvalue weighted by atomic mass is 15.2. The molecule has 3 N–H and O–H groups in total. The molecule has 0 fully saturated rings. The molecule has 6 heteroatoms. The first-order valence-electron chi connectivity index (χ1n) is 7.41. The fourth-order valence-electron chi connectivity index (χ4n) is 2.27. The van der Waals surface area contributed by atoms with E-state index in [0.717, 1.165) is 23.4 Å². The topological polar surface area (TPSA) is 78.5 Å².